The van der Waals surface area contributed by atoms with Crippen LogP contribution in [-0.2, 0) is 9.53 Å². The first-order valence-electron chi connectivity index (χ1n) is 5.53. The number of aromatic nitrogens is 1. The van der Waals surface area contributed by atoms with Gasteiger partial charge in [0.05, 0.1) is 6.61 Å². The van der Waals surface area contributed by atoms with Crippen molar-refractivity contribution in [1.82, 2.24) is 4.98 Å². The SMILES string of the molecule is CCOC(=O)c1csc(N(C)C(=O)C2CC2)n1. The van der Waals surface area contributed by atoms with Gasteiger partial charge in [-0.25, -0.2) is 9.78 Å². The Bertz CT molecular complexity index is 440. The third-order valence-corrected chi connectivity index (χ3v) is 3.44. The second kappa shape index (κ2) is 4.83. The molecule has 1 aliphatic rings. The summed E-state index contributed by atoms with van der Waals surface area (Å²) < 4.78 is 4.84. The lowest BCUT2D eigenvalue weighted by Gasteiger charge is -2.12. The fraction of sp³-hybridized carbons (Fsp3) is 0.545. The number of nitrogens with zero attached hydrogens (tertiary/aromatic N) is 2. The molecule has 1 amide bonds. The van der Waals surface area contributed by atoms with E-state index >= 15 is 0 Å². The molecule has 0 N–H and O–H groups in total. The molecule has 0 atom stereocenters. The second-order valence-corrected chi connectivity index (χ2v) is 4.74. The summed E-state index contributed by atoms with van der Waals surface area (Å²) in [5.74, 6) is -0.216. The first-order valence-corrected chi connectivity index (χ1v) is 6.41. The van der Waals surface area contributed by atoms with Gasteiger partial charge in [-0.15, -0.1) is 11.3 Å². The van der Waals surface area contributed by atoms with Gasteiger partial charge < -0.3 is 4.74 Å². The molecule has 0 saturated heterocycles. The molecule has 92 valence electrons. The van der Waals surface area contributed by atoms with Crippen LogP contribution in [0.3, 0.4) is 0 Å². The minimum Gasteiger partial charge on any atom is -0.461 e. The maximum absolute atomic E-state index is 11.8. The standard InChI is InChI=1S/C11H14N2O3S/c1-3-16-10(15)8-6-17-11(12-8)13(2)9(14)7-4-5-7/h6-7H,3-5H2,1-2H3. The van der Waals surface area contributed by atoms with Crippen molar-refractivity contribution in [3.63, 3.8) is 0 Å². The highest BCUT2D eigenvalue weighted by atomic mass is 32.1. The quantitative estimate of drug-likeness (QED) is 0.767. The van der Waals surface area contributed by atoms with Crippen LogP contribution in [0.4, 0.5) is 5.13 Å². The van der Waals surface area contributed by atoms with Crippen molar-refractivity contribution in [3.8, 4) is 0 Å². The lowest BCUT2D eigenvalue weighted by molar-refractivity contribution is -0.119. The molecule has 17 heavy (non-hydrogen) atoms. The average Bonchev–Trinajstić information content (AvgIpc) is 3.04. The van der Waals surface area contributed by atoms with Gasteiger partial charge >= 0.3 is 5.97 Å². The molecule has 1 aromatic rings. The molecule has 0 bridgehead atoms. The number of hydrogen-bond acceptors (Lipinski definition) is 5. The smallest absolute Gasteiger partial charge is 0.357 e. The van der Waals surface area contributed by atoms with Gasteiger partial charge in [-0.1, -0.05) is 0 Å². The Morgan fingerprint density at radius 2 is 2.29 bits per heavy atom. The Hall–Kier alpha value is -1.43. The monoisotopic (exact) mass is 254 g/mol. The molecule has 5 nitrogen and oxygen atoms in total. The third kappa shape index (κ3) is 2.63. The van der Waals surface area contributed by atoms with Crippen LogP contribution in [0.2, 0.25) is 0 Å². The second-order valence-electron chi connectivity index (χ2n) is 3.91. The summed E-state index contributed by atoms with van der Waals surface area (Å²) in [6.45, 7) is 2.07. The minimum absolute atomic E-state index is 0.0785. The molecule has 1 aliphatic carbocycles. The van der Waals surface area contributed by atoms with Crippen molar-refractivity contribution < 1.29 is 14.3 Å². The van der Waals surface area contributed by atoms with E-state index < -0.39 is 5.97 Å². The normalized spacial score (nSPS) is 14.5. The summed E-state index contributed by atoms with van der Waals surface area (Å²) in [7, 11) is 1.69. The molecule has 0 unspecified atom stereocenters. The van der Waals surface area contributed by atoms with Gasteiger partial charge in [0.25, 0.3) is 0 Å². The van der Waals surface area contributed by atoms with Gasteiger partial charge in [-0.3, -0.25) is 9.69 Å². The fourth-order valence-corrected chi connectivity index (χ4v) is 2.18. The van der Waals surface area contributed by atoms with E-state index in [1.54, 1.807) is 19.4 Å². The molecule has 2 rings (SSSR count). The lowest BCUT2D eigenvalue weighted by atomic mass is 10.4. The molecule has 0 radical (unpaired) electrons. The summed E-state index contributed by atoms with van der Waals surface area (Å²) in [6.07, 6.45) is 1.92. The molecule has 1 heterocycles. The number of carbonyl (C=O) groups excluding carboxylic acids is 2. The van der Waals surface area contributed by atoms with Crippen molar-refractivity contribution in [2.45, 2.75) is 19.8 Å². The highest BCUT2D eigenvalue weighted by molar-refractivity contribution is 7.14. The Kier molecular flexibility index (Phi) is 3.42. The van der Waals surface area contributed by atoms with Crippen molar-refractivity contribution >= 4 is 28.3 Å². The zero-order valence-corrected chi connectivity index (χ0v) is 10.6. The zero-order chi connectivity index (χ0) is 12.4. The molecule has 0 spiro atoms. The highest BCUT2D eigenvalue weighted by Crippen LogP contribution is 2.32. The van der Waals surface area contributed by atoms with E-state index in [0.29, 0.717) is 11.7 Å². The van der Waals surface area contributed by atoms with Crippen molar-refractivity contribution in [1.29, 1.82) is 0 Å². The van der Waals surface area contributed by atoms with Crippen molar-refractivity contribution in [2.75, 3.05) is 18.6 Å². The third-order valence-electron chi connectivity index (χ3n) is 2.52. The Balaban J connectivity index is 2.06. The van der Waals surface area contributed by atoms with E-state index in [2.05, 4.69) is 4.98 Å². The maximum Gasteiger partial charge on any atom is 0.357 e. The summed E-state index contributed by atoms with van der Waals surface area (Å²) in [4.78, 5) is 28.8. The summed E-state index contributed by atoms with van der Waals surface area (Å²) >= 11 is 1.28. The minimum atomic E-state index is -0.442. The number of hydrogen-bond donors (Lipinski definition) is 0. The summed E-state index contributed by atoms with van der Waals surface area (Å²) in [5, 5.41) is 2.16. The summed E-state index contributed by atoms with van der Waals surface area (Å²) in [5.41, 5.74) is 0.266. The van der Waals surface area contributed by atoms with E-state index in [1.165, 1.54) is 16.2 Å². The van der Waals surface area contributed by atoms with E-state index in [4.69, 9.17) is 4.74 Å². The lowest BCUT2D eigenvalue weighted by Crippen LogP contribution is -2.27. The zero-order valence-electron chi connectivity index (χ0n) is 9.80. The first-order chi connectivity index (χ1) is 8.13. The van der Waals surface area contributed by atoms with Crippen LogP contribution in [0.15, 0.2) is 5.38 Å². The highest BCUT2D eigenvalue weighted by Gasteiger charge is 2.33. The predicted octanol–water partition coefficient (Wildman–Crippen LogP) is 1.69. The van der Waals surface area contributed by atoms with E-state index in [-0.39, 0.29) is 17.5 Å². The number of ether oxygens (including phenoxy) is 1. The molecule has 1 saturated carbocycles. The van der Waals surface area contributed by atoms with Gasteiger partial charge in [0.15, 0.2) is 10.8 Å². The van der Waals surface area contributed by atoms with Gasteiger partial charge in [0, 0.05) is 18.3 Å². The number of thiazole rings is 1. The van der Waals surface area contributed by atoms with E-state index in [0.717, 1.165) is 12.8 Å². The topological polar surface area (TPSA) is 59.5 Å². The Morgan fingerprint density at radius 1 is 1.59 bits per heavy atom. The molecule has 1 aromatic heterocycles. The van der Waals surface area contributed by atoms with Crippen LogP contribution < -0.4 is 4.90 Å². The van der Waals surface area contributed by atoms with Crippen LogP contribution in [0.5, 0.6) is 0 Å². The maximum atomic E-state index is 11.8. The van der Waals surface area contributed by atoms with E-state index in [1.807, 2.05) is 0 Å². The van der Waals surface area contributed by atoms with Gasteiger partial charge in [0.2, 0.25) is 5.91 Å². The number of esters is 1. The molecule has 0 aliphatic heterocycles. The number of rotatable bonds is 4. The van der Waals surface area contributed by atoms with Crippen LogP contribution in [0.1, 0.15) is 30.3 Å². The van der Waals surface area contributed by atoms with Gasteiger partial charge in [0.1, 0.15) is 0 Å². The molecule has 1 fully saturated rings. The van der Waals surface area contributed by atoms with E-state index in [9.17, 15) is 9.59 Å². The average molecular weight is 254 g/mol. The fourth-order valence-electron chi connectivity index (χ4n) is 1.42. The van der Waals surface area contributed by atoms with Crippen LogP contribution in [-0.4, -0.2) is 30.5 Å². The van der Waals surface area contributed by atoms with Gasteiger partial charge in [-0.2, -0.15) is 0 Å². The van der Waals surface area contributed by atoms with Crippen LogP contribution in [0, 0.1) is 5.92 Å². The molecular weight excluding hydrogens is 240 g/mol. The molecule has 0 aromatic carbocycles. The molecule has 6 heteroatoms. The number of carbonyl (C=O) groups is 2. The first kappa shape index (κ1) is 12.0. The van der Waals surface area contributed by atoms with Crippen molar-refractivity contribution in [2.24, 2.45) is 5.92 Å². The largest absolute Gasteiger partial charge is 0.461 e. The van der Waals surface area contributed by atoms with Crippen LogP contribution in [0.25, 0.3) is 0 Å². The molecular formula is C11H14N2O3S. The van der Waals surface area contributed by atoms with Gasteiger partial charge in [-0.05, 0) is 19.8 Å². The Labute approximate surface area is 103 Å². The summed E-state index contributed by atoms with van der Waals surface area (Å²) in [6, 6.07) is 0. The number of anilines is 1. The Morgan fingerprint density at radius 3 is 2.88 bits per heavy atom. The van der Waals surface area contributed by atoms with Crippen LogP contribution >= 0.6 is 11.3 Å². The number of amides is 1. The predicted molar refractivity (Wildman–Crippen MR) is 64.2 cm³/mol. The van der Waals surface area contributed by atoms with Crippen molar-refractivity contribution in [3.05, 3.63) is 11.1 Å².